The van der Waals surface area contributed by atoms with Crippen molar-refractivity contribution >= 4 is 34.1 Å². The van der Waals surface area contributed by atoms with E-state index in [4.69, 9.17) is 22.9 Å². The molecule has 0 bridgehead atoms. The summed E-state index contributed by atoms with van der Waals surface area (Å²) in [6, 6.07) is 7.91. The van der Waals surface area contributed by atoms with Crippen molar-refractivity contribution in [2.24, 2.45) is 11.7 Å². The van der Waals surface area contributed by atoms with Crippen LogP contribution in [0.3, 0.4) is 0 Å². The van der Waals surface area contributed by atoms with Crippen molar-refractivity contribution in [3.63, 3.8) is 0 Å². The summed E-state index contributed by atoms with van der Waals surface area (Å²) >= 11 is 5.06. The van der Waals surface area contributed by atoms with Crippen molar-refractivity contribution in [2.45, 2.75) is 20.8 Å². The van der Waals surface area contributed by atoms with E-state index >= 15 is 0 Å². The number of nitrogens with zero attached hydrogens (tertiary/aromatic N) is 3. The van der Waals surface area contributed by atoms with Crippen molar-refractivity contribution in [1.29, 1.82) is 0 Å². The number of hydrogen-bond acceptors (Lipinski definition) is 4. The first-order chi connectivity index (χ1) is 9.52. The molecule has 5 heteroatoms. The molecule has 0 spiro atoms. The van der Waals surface area contributed by atoms with Crippen LogP contribution in [0.4, 0.5) is 5.82 Å². The molecule has 2 aromatic rings. The first-order valence-electron chi connectivity index (χ1n) is 6.80. The van der Waals surface area contributed by atoms with Crippen LogP contribution in [-0.4, -0.2) is 28.0 Å². The van der Waals surface area contributed by atoms with E-state index in [0.717, 1.165) is 35.6 Å². The number of rotatable bonds is 5. The number of benzene rings is 1. The number of nitrogens with two attached hydrogens (primary N) is 1. The Morgan fingerprint density at radius 1 is 1.30 bits per heavy atom. The van der Waals surface area contributed by atoms with Crippen LogP contribution in [0.1, 0.15) is 19.5 Å². The minimum absolute atomic E-state index is 0.151. The number of hydrogen-bond donors (Lipinski definition) is 1. The Bertz CT molecular complexity index is 626. The molecule has 1 unspecified atom stereocenters. The molecule has 0 saturated carbocycles. The molecule has 0 fully saturated rings. The maximum Gasteiger partial charge on any atom is 0.150 e. The lowest BCUT2D eigenvalue weighted by molar-refractivity contribution is 0.697. The Labute approximate surface area is 125 Å². The standard InChI is InChI=1S/C15H20N4S/c1-4-19(9-10(2)14(16)20)15-11(3)17-12-7-5-6-8-13(12)18-15/h5-8,10H,4,9H2,1-3H3,(H2,16,20). The van der Waals surface area contributed by atoms with E-state index in [1.807, 2.05) is 38.1 Å². The van der Waals surface area contributed by atoms with Crippen LogP contribution in [0.25, 0.3) is 11.0 Å². The highest BCUT2D eigenvalue weighted by Crippen LogP contribution is 2.20. The van der Waals surface area contributed by atoms with Gasteiger partial charge in [0.15, 0.2) is 5.82 Å². The second-order valence-corrected chi connectivity index (χ2v) is 5.43. The minimum Gasteiger partial charge on any atom is -0.393 e. The lowest BCUT2D eigenvalue weighted by Gasteiger charge is -2.26. The second kappa shape index (κ2) is 6.13. The maximum atomic E-state index is 5.71. The van der Waals surface area contributed by atoms with E-state index in [0.29, 0.717) is 4.99 Å². The Morgan fingerprint density at radius 2 is 1.90 bits per heavy atom. The Morgan fingerprint density at radius 3 is 2.45 bits per heavy atom. The van der Waals surface area contributed by atoms with Crippen LogP contribution < -0.4 is 10.6 Å². The van der Waals surface area contributed by atoms with Gasteiger partial charge in [-0.25, -0.2) is 9.97 Å². The zero-order valence-electron chi connectivity index (χ0n) is 12.1. The topological polar surface area (TPSA) is 55.0 Å². The molecule has 1 atom stereocenters. The number of aryl methyl sites for hydroxylation is 1. The van der Waals surface area contributed by atoms with Crippen molar-refractivity contribution in [3.8, 4) is 0 Å². The normalized spacial score (nSPS) is 12.3. The summed E-state index contributed by atoms with van der Waals surface area (Å²) in [6.07, 6.45) is 0. The molecule has 0 saturated heterocycles. The molecule has 4 nitrogen and oxygen atoms in total. The first kappa shape index (κ1) is 14.7. The highest BCUT2D eigenvalue weighted by Gasteiger charge is 2.16. The Hall–Kier alpha value is -1.75. The molecule has 1 heterocycles. The van der Waals surface area contributed by atoms with Gasteiger partial charge in [0.05, 0.1) is 21.7 Å². The number of anilines is 1. The van der Waals surface area contributed by atoms with Crippen molar-refractivity contribution in [3.05, 3.63) is 30.0 Å². The average molecular weight is 288 g/mol. The summed E-state index contributed by atoms with van der Waals surface area (Å²) in [6.45, 7) is 7.74. The van der Waals surface area contributed by atoms with E-state index in [1.165, 1.54) is 0 Å². The number of thiocarbonyl (C=S) groups is 1. The van der Waals surface area contributed by atoms with E-state index in [-0.39, 0.29) is 5.92 Å². The zero-order valence-corrected chi connectivity index (χ0v) is 12.9. The molecule has 0 aliphatic heterocycles. The highest BCUT2D eigenvalue weighted by molar-refractivity contribution is 7.80. The predicted molar refractivity (Wildman–Crippen MR) is 88.1 cm³/mol. The lowest BCUT2D eigenvalue weighted by atomic mass is 10.1. The number of para-hydroxylation sites is 2. The first-order valence-corrected chi connectivity index (χ1v) is 7.21. The lowest BCUT2D eigenvalue weighted by Crippen LogP contribution is -2.35. The van der Waals surface area contributed by atoms with E-state index < -0.39 is 0 Å². The van der Waals surface area contributed by atoms with Crippen molar-refractivity contribution < 1.29 is 0 Å². The van der Waals surface area contributed by atoms with Gasteiger partial charge in [0.1, 0.15) is 0 Å². The molecule has 106 valence electrons. The van der Waals surface area contributed by atoms with E-state index in [1.54, 1.807) is 0 Å². The third-order valence-corrected chi connectivity index (χ3v) is 3.78. The van der Waals surface area contributed by atoms with Gasteiger partial charge in [-0.2, -0.15) is 0 Å². The van der Waals surface area contributed by atoms with E-state index in [9.17, 15) is 0 Å². The third kappa shape index (κ3) is 3.04. The van der Waals surface area contributed by atoms with Crippen LogP contribution in [0.2, 0.25) is 0 Å². The van der Waals surface area contributed by atoms with Crippen LogP contribution in [-0.2, 0) is 0 Å². The van der Waals surface area contributed by atoms with Gasteiger partial charge < -0.3 is 10.6 Å². The van der Waals surface area contributed by atoms with Gasteiger partial charge in [0.25, 0.3) is 0 Å². The summed E-state index contributed by atoms with van der Waals surface area (Å²) in [5.41, 5.74) is 8.48. The summed E-state index contributed by atoms with van der Waals surface area (Å²) in [5, 5.41) is 0. The zero-order chi connectivity index (χ0) is 14.7. The average Bonchev–Trinajstić information content (AvgIpc) is 2.43. The quantitative estimate of drug-likeness (QED) is 0.857. The molecule has 20 heavy (non-hydrogen) atoms. The monoisotopic (exact) mass is 288 g/mol. The van der Waals surface area contributed by atoms with Crippen molar-refractivity contribution in [2.75, 3.05) is 18.0 Å². The van der Waals surface area contributed by atoms with Gasteiger partial charge in [-0.05, 0) is 26.0 Å². The van der Waals surface area contributed by atoms with Gasteiger partial charge in [0, 0.05) is 19.0 Å². The SMILES string of the molecule is CCN(CC(C)C(N)=S)c1nc2ccccc2nc1C. The van der Waals surface area contributed by atoms with E-state index in [2.05, 4.69) is 16.8 Å². The van der Waals surface area contributed by atoms with Crippen molar-refractivity contribution in [1.82, 2.24) is 9.97 Å². The largest absolute Gasteiger partial charge is 0.393 e. The van der Waals surface area contributed by atoms with Gasteiger partial charge in [-0.1, -0.05) is 31.3 Å². The smallest absolute Gasteiger partial charge is 0.150 e. The molecule has 1 aromatic carbocycles. The minimum atomic E-state index is 0.151. The van der Waals surface area contributed by atoms with Gasteiger partial charge in [-0.3, -0.25) is 0 Å². The maximum absolute atomic E-state index is 5.71. The summed E-state index contributed by atoms with van der Waals surface area (Å²) < 4.78 is 0. The molecular formula is C15H20N4S. The summed E-state index contributed by atoms with van der Waals surface area (Å²) in [7, 11) is 0. The molecule has 0 radical (unpaired) electrons. The fourth-order valence-corrected chi connectivity index (χ4v) is 2.24. The third-order valence-electron chi connectivity index (χ3n) is 3.38. The molecule has 0 aliphatic rings. The predicted octanol–water partition coefficient (Wildman–Crippen LogP) is 2.69. The Balaban J connectivity index is 2.38. The fourth-order valence-electron chi connectivity index (χ4n) is 2.16. The summed E-state index contributed by atoms with van der Waals surface area (Å²) in [5.74, 6) is 1.06. The van der Waals surface area contributed by atoms with Crippen LogP contribution in [0.15, 0.2) is 24.3 Å². The fraction of sp³-hybridized carbons (Fsp3) is 0.400. The van der Waals surface area contributed by atoms with Gasteiger partial charge in [-0.15, -0.1) is 0 Å². The molecule has 2 rings (SSSR count). The van der Waals surface area contributed by atoms with Crippen LogP contribution >= 0.6 is 12.2 Å². The summed E-state index contributed by atoms with van der Waals surface area (Å²) in [4.78, 5) is 12.1. The van der Waals surface area contributed by atoms with Crippen LogP contribution in [0, 0.1) is 12.8 Å². The molecule has 0 amide bonds. The number of fused-ring (bicyclic) bond motifs is 1. The Kier molecular flexibility index (Phi) is 4.49. The molecule has 1 aromatic heterocycles. The molecule has 2 N–H and O–H groups in total. The van der Waals surface area contributed by atoms with Crippen LogP contribution in [0.5, 0.6) is 0 Å². The number of aromatic nitrogens is 2. The van der Waals surface area contributed by atoms with Gasteiger partial charge >= 0.3 is 0 Å². The molecular weight excluding hydrogens is 268 g/mol. The highest BCUT2D eigenvalue weighted by atomic mass is 32.1. The second-order valence-electron chi connectivity index (χ2n) is 4.96. The molecule has 0 aliphatic carbocycles. The van der Waals surface area contributed by atoms with Gasteiger partial charge in [0.2, 0.25) is 0 Å².